The molecule has 0 saturated carbocycles. The van der Waals surface area contributed by atoms with Crippen molar-refractivity contribution in [2.75, 3.05) is 0 Å². The molecule has 128 valence electrons. The van der Waals surface area contributed by atoms with Gasteiger partial charge >= 0.3 is 5.97 Å². The third-order valence-corrected chi connectivity index (χ3v) is 3.62. The van der Waals surface area contributed by atoms with E-state index in [0.29, 0.717) is 22.8 Å². The fraction of sp³-hybridized carbons (Fsp3) is 0. The van der Waals surface area contributed by atoms with E-state index in [9.17, 15) is 14.9 Å². The molecular formula is C18H10N2O6. The number of esters is 1. The Morgan fingerprint density at radius 2 is 1.85 bits per heavy atom. The molecule has 8 nitrogen and oxygen atoms in total. The number of aliphatic imine (C=N–C) groups is 1. The number of non-ortho nitro benzene ring substituents is 1. The molecule has 0 saturated heterocycles. The van der Waals surface area contributed by atoms with Gasteiger partial charge in [0, 0.05) is 23.8 Å². The molecule has 0 atom stereocenters. The van der Waals surface area contributed by atoms with Crippen molar-refractivity contribution in [3.8, 4) is 11.3 Å². The summed E-state index contributed by atoms with van der Waals surface area (Å²) in [6.45, 7) is 0. The van der Waals surface area contributed by atoms with Gasteiger partial charge in [0.05, 0.1) is 11.2 Å². The monoisotopic (exact) mass is 350 g/mol. The van der Waals surface area contributed by atoms with Gasteiger partial charge in [0.1, 0.15) is 11.5 Å². The van der Waals surface area contributed by atoms with E-state index >= 15 is 0 Å². The van der Waals surface area contributed by atoms with E-state index in [1.54, 1.807) is 36.4 Å². The molecule has 3 heterocycles. The van der Waals surface area contributed by atoms with E-state index in [1.807, 2.05) is 0 Å². The molecule has 0 unspecified atom stereocenters. The van der Waals surface area contributed by atoms with Crippen molar-refractivity contribution < 1.29 is 23.3 Å². The molecule has 26 heavy (non-hydrogen) atoms. The highest BCUT2D eigenvalue weighted by molar-refractivity contribution is 6.11. The van der Waals surface area contributed by atoms with Crippen LogP contribution in [0.25, 0.3) is 17.4 Å². The molecule has 8 heteroatoms. The van der Waals surface area contributed by atoms with Crippen LogP contribution in [0, 0.1) is 10.1 Å². The zero-order valence-electron chi connectivity index (χ0n) is 13.1. The second-order valence-corrected chi connectivity index (χ2v) is 5.32. The Labute approximate surface area is 146 Å². The Bertz CT molecular complexity index is 1040. The van der Waals surface area contributed by atoms with Crippen LogP contribution in [0.4, 0.5) is 5.69 Å². The topological polar surface area (TPSA) is 108 Å². The smallest absolute Gasteiger partial charge is 0.364 e. The molecule has 3 aromatic rings. The third kappa shape index (κ3) is 2.91. The molecule has 4 rings (SSSR count). The van der Waals surface area contributed by atoms with Gasteiger partial charge < -0.3 is 13.6 Å². The molecule has 0 fully saturated rings. The lowest BCUT2D eigenvalue weighted by Gasteiger charge is -1.96. The molecule has 0 amide bonds. The molecular weight excluding hydrogens is 340 g/mol. The summed E-state index contributed by atoms with van der Waals surface area (Å²) in [6.07, 6.45) is 2.91. The van der Waals surface area contributed by atoms with Crippen molar-refractivity contribution >= 4 is 23.6 Å². The number of cyclic esters (lactones) is 1. The summed E-state index contributed by atoms with van der Waals surface area (Å²) in [5.41, 5.74) is 0.756. The molecule has 1 aliphatic heterocycles. The number of hydrogen-bond acceptors (Lipinski definition) is 7. The van der Waals surface area contributed by atoms with Crippen LogP contribution >= 0.6 is 0 Å². The maximum atomic E-state index is 11.9. The summed E-state index contributed by atoms with van der Waals surface area (Å²) in [4.78, 5) is 26.2. The number of nitrogens with zero attached hydrogens (tertiary/aromatic N) is 2. The van der Waals surface area contributed by atoms with Crippen molar-refractivity contribution in [1.82, 2.24) is 0 Å². The predicted molar refractivity (Wildman–Crippen MR) is 90.1 cm³/mol. The highest BCUT2D eigenvalue weighted by atomic mass is 16.6. The Balaban J connectivity index is 1.59. The maximum Gasteiger partial charge on any atom is 0.364 e. The van der Waals surface area contributed by atoms with Gasteiger partial charge in [-0.25, -0.2) is 9.79 Å². The van der Waals surface area contributed by atoms with Gasteiger partial charge in [0.2, 0.25) is 0 Å². The number of nitro benzene ring substituents is 1. The van der Waals surface area contributed by atoms with Crippen LogP contribution in [0.5, 0.6) is 0 Å². The Kier molecular flexibility index (Phi) is 3.70. The first-order valence-corrected chi connectivity index (χ1v) is 7.51. The third-order valence-electron chi connectivity index (χ3n) is 3.62. The van der Waals surface area contributed by atoms with Crippen LogP contribution in [-0.2, 0) is 9.53 Å². The van der Waals surface area contributed by atoms with Crippen molar-refractivity contribution in [2.24, 2.45) is 4.99 Å². The van der Waals surface area contributed by atoms with E-state index in [1.165, 1.54) is 24.5 Å². The number of furan rings is 2. The van der Waals surface area contributed by atoms with Gasteiger partial charge in [0.15, 0.2) is 11.5 Å². The minimum Gasteiger partial charge on any atom is -0.459 e. The van der Waals surface area contributed by atoms with Crippen LogP contribution in [0.2, 0.25) is 0 Å². The van der Waals surface area contributed by atoms with E-state index in [-0.39, 0.29) is 17.3 Å². The van der Waals surface area contributed by atoms with Gasteiger partial charge in [-0.05, 0) is 36.4 Å². The predicted octanol–water partition coefficient (Wildman–Crippen LogP) is 3.79. The van der Waals surface area contributed by atoms with E-state index in [4.69, 9.17) is 13.6 Å². The van der Waals surface area contributed by atoms with Crippen molar-refractivity contribution in [3.63, 3.8) is 0 Å². The van der Waals surface area contributed by atoms with Gasteiger partial charge in [-0.15, -0.1) is 0 Å². The van der Waals surface area contributed by atoms with Gasteiger partial charge in [0.25, 0.3) is 11.6 Å². The molecule has 0 spiro atoms. The Morgan fingerprint density at radius 1 is 1.04 bits per heavy atom. The summed E-state index contributed by atoms with van der Waals surface area (Å²) >= 11 is 0. The zero-order valence-corrected chi connectivity index (χ0v) is 13.1. The molecule has 1 aromatic carbocycles. The van der Waals surface area contributed by atoms with E-state index in [0.717, 1.165) is 0 Å². The lowest BCUT2D eigenvalue weighted by atomic mass is 10.1. The van der Waals surface area contributed by atoms with Crippen LogP contribution in [0.3, 0.4) is 0 Å². The van der Waals surface area contributed by atoms with Gasteiger partial charge in [-0.2, -0.15) is 0 Å². The fourth-order valence-electron chi connectivity index (χ4n) is 2.38. The number of ether oxygens (including phenoxy) is 1. The maximum absolute atomic E-state index is 11.9. The summed E-state index contributed by atoms with van der Waals surface area (Å²) in [6, 6.07) is 12.6. The normalized spacial score (nSPS) is 15.2. The van der Waals surface area contributed by atoms with Gasteiger partial charge in [-0.1, -0.05) is 0 Å². The van der Waals surface area contributed by atoms with E-state index in [2.05, 4.69) is 4.99 Å². The lowest BCUT2D eigenvalue weighted by Crippen LogP contribution is -2.04. The van der Waals surface area contributed by atoms with Crippen molar-refractivity contribution in [1.29, 1.82) is 0 Å². The average Bonchev–Trinajstić information content (AvgIpc) is 3.37. The highest BCUT2D eigenvalue weighted by Gasteiger charge is 2.26. The highest BCUT2D eigenvalue weighted by Crippen LogP contribution is 2.26. The molecule has 0 N–H and O–H groups in total. The van der Waals surface area contributed by atoms with Crippen LogP contribution in [-0.4, -0.2) is 16.8 Å². The standard InChI is InChI=1S/C18H10N2O6/c21-18-14(19-17(26-18)16-2-1-9-24-16)10-13-7-8-15(25-13)11-3-5-12(6-4-11)20(22)23/h1-10H/b14-10-. The number of nitro groups is 1. The van der Waals surface area contributed by atoms with E-state index < -0.39 is 10.9 Å². The van der Waals surface area contributed by atoms with Crippen LogP contribution in [0.1, 0.15) is 11.5 Å². The second-order valence-electron chi connectivity index (χ2n) is 5.32. The summed E-state index contributed by atoms with van der Waals surface area (Å²) < 4.78 is 15.9. The molecule has 2 aromatic heterocycles. The SMILES string of the molecule is O=C1OC(c2ccco2)=N/C1=C\c1ccc(-c2ccc([N+](=O)[O-])cc2)o1. The lowest BCUT2D eigenvalue weighted by molar-refractivity contribution is -0.384. The van der Waals surface area contributed by atoms with Crippen LogP contribution < -0.4 is 0 Å². The summed E-state index contributed by atoms with van der Waals surface area (Å²) in [7, 11) is 0. The minimum atomic E-state index is -0.607. The first-order chi connectivity index (χ1) is 12.6. The number of hydrogen-bond donors (Lipinski definition) is 0. The first-order valence-electron chi connectivity index (χ1n) is 7.51. The van der Waals surface area contributed by atoms with Crippen LogP contribution in [0.15, 0.2) is 74.3 Å². The molecule has 0 bridgehead atoms. The molecule has 0 aliphatic carbocycles. The fourth-order valence-corrected chi connectivity index (χ4v) is 2.38. The Hall–Kier alpha value is -3.94. The zero-order chi connectivity index (χ0) is 18.1. The summed E-state index contributed by atoms with van der Waals surface area (Å²) in [5, 5.41) is 10.7. The number of rotatable bonds is 4. The molecule has 1 aliphatic rings. The quantitative estimate of drug-likeness (QED) is 0.306. The van der Waals surface area contributed by atoms with Crippen molar-refractivity contribution in [2.45, 2.75) is 0 Å². The minimum absolute atomic E-state index is 0.00357. The largest absolute Gasteiger partial charge is 0.459 e. The number of carbonyl (C=O) groups excluding carboxylic acids is 1. The molecule has 0 radical (unpaired) electrons. The average molecular weight is 350 g/mol. The number of carbonyl (C=O) groups is 1. The second kappa shape index (κ2) is 6.17. The summed E-state index contributed by atoms with van der Waals surface area (Å²) in [5.74, 6) is 0.744. The first kappa shape index (κ1) is 15.6. The Morgan fingerprint density at radius 3 is 2.54 bits per heavy atom. The van der Waals surface area contributed by atoms with Crippen molar-refractivity contribution in [3.05, 3.63) is 82.1 Å². The van der Waals surface area contributed by atoms with Gasteiger partial charge in [-0.3, -0.25) is 10.1 Å². The number of benzene rings is 1.